The van der Waals surface area contributed by atoms with Crippen molar-refractivity contribution in [3.8, 4) is 11.5 Å². The van der Waals surface area contributed by atoms with E-state index in [9.17, 15) is 13.2 Å². The zero-order chi connectivity index (χ0) is 21.1. The van der Waals surface area contributed by atoms with Gasteiger partial charge < -0.3 is 14.8 Å². The van der Waals surface area contributed by atoms with Gasteiger partial charge in [-0.3, -0.25) is 9.10 Å². The quantitative estimate of drug-likeness (QED) is 0.602. The second-order valence-electron chi connectivity index (χ2n) is 6.49. The molecule has 2 heterocycles. The molecule has 2 aromatic carbocycles. The van der Waals surface area contributed by atoms with E-state index in [4.69, 9.17) is 9.47 Å². The van der Waals surface area contributed by atoms with E-state index in [1.54, 1.807) is 54.8 Å². The summed E-state index contributed by atoms with van der Waals surface area (Å²) in [6.07, 6.45) is 0. The molecule has 1 aromatic heterocycles. The number of benzene rings is 2. The molecule has 1 aliphatic rings. The number of ether oxygens (including phenoxy) is 2. The molecular weight excluding hydrogens is 424 g/mol. The highest BCUT2D eigenvalue weighted by molar-refractivity contribution is 7.92. The topological polar surface area (TPSA) is 84.9 Å². The number of anilines is 1. The van der Waals surface area contributed by atoms with Gasteiger partial charge in [0.1, 0.15) is 4.88 Å². The SMILES string of the molecule is CCN(c1ccsc1C(=O)NCc1ccc2c(c1)OCO2)S(=O)(=O)c1ccccc1. The lowest BCUT2D eigenvalue weighted by Crippen LogP contribution is -2.32. The molecule has 7 nitrogen and oxygen atoms in total. The summed E-state index contributed by atoms with van der Waals surface area (Å²) in [4.78, 5) is 13.4. The van der Waals surface area contributed by atoms with E-state index in [0.29, 0.717) is 22.1 Å². The Balaban J connectivity index is 1.54. The lowest BCUT2D eigenvalue weighted by Gasteiger charge is -2.23. The lowest BCUT2D eigenvalue weighted by atomic mass is 10.2. The van der Waals surface area contributed by atoms with Crippen LogP contribution in [0.25, 0.3) is 0 Å². The van der Waals surface area contributed by atoms with Crippen molar-refractivity contribution in [1.82, 2.24) is 5.32 Å². The highest BCUT2D eigenvalue weighted by Gasteiger charge is 2.28. The Kier molecular flexibility index (Phi) is 5.65. The number of fused-ring (bicyclic) bond motifs is 1. The summed E-state index contributed by atoms with van der Waals surface area (Å²) in [5, 5.41) is 4.57. The van der Waals surface area contributed by atoms with E-state index in [1.807, 2.05) is 12.1 Å². The van der Waals surface area contributed by atoms with Crippen LogP contribution in [0.2, 0.25) is 0 Å². The van der Waals surface area contributed by atoms with Gasteiger partial charge in [-0.15, -0.1) is 11.3 Å². The lowest BCUT2D eigenvalue weighted by molar-refractivity contribution is 0.0955. The third-order valence-corrected chi connectivity index (χ3v) is 7.43. The van der Waals surface area contributed by atoms with Gasteiger partial charge in [-0.2, -0.15) is 0 Å². The Morgan fingerprint density at radius 1 is 1.10 bits per heavy atom. The van der Waals surface area contributed by atoms with Crippen molar-refractivity contribution >= 4 is 33.0 Å². The van der Waals surface area contributed by atoms with E-state index in [2.05, 4.69) is 5.32 Å². The Morgan fingerprint density at radius 2 is 1.87 bits per heavy atom. The van der Waals surface area contributed by atoms with Gasteiger partial charge in [-0.05, 0) is 48.2 Å². The molecule has 3 aromatic rings. The maximum absolute atomic E-state index is 13.1. The molecule has 4 rings (SSSR count). The number of hydrogen-bond donors (Lipinski definition) is 1. The van der Waals surface area contributed by atoms with Crippen molar-refractivity contribution in [2.45, 2.75) is 18.4 Å². The number of sulfonamides is 1. The van der Waals surface area contributed by atoms with Crippen LogP contribution in [-0.2, 0) is 16.6 Å². The molecule has 0 fully saturated rings. The van der Waals surface area contributed by atoms with Gasteiger partial charge in [0.15, 0.2) is 11.5 Å². The first-order valence-corrected chi connectivity index (χ1v) is 11.6. The minimum absolute atomic E-state index is 0.185. The van der Waals surface area contributed by atoms with Gasteiger partial charge in [0, 0.05) is 13.1 Å². The average molecular weight is 445 g/mol. The van der Waals surface area contributed by atoms with Crippen molar-refractivity contribution in [2.75, 3.05) is 17.6 Å². The predicted molar refractivity (Wildman–Crippen MR) is 115 cm³/mol. The smallest absolute Gasteiger partial charge is 0.264 e. The summed E-state index contributed by atoms with van der Waals surface area (Å²) >= 11 is 1.21. The second kappa shape index (κ2) is 8.37. The minimum Gasteiger partial charge on any atom is -0.454 e. The number of carbonyl (C=O) groups is 1. The number of nitrogens with one attached hydrogen (secondary N) is 1. The molecule has 1 amide bonds. The monoisotopic (exact) mass is 444 g/mol. The summed E-state index contributed by atoms with van der Waals surface area (Å²) in [6, 6.07) is 15.3. The van der Waals surface area contributed by atoms with E-state index >= 15 is 0 Å². The van der Waals surface area contributed by atoms with E-state index in [-0.39, 0.29) is 30.7 Å². The van der Waals surface area contributed by atoms with Crippen molar-refractivity contribution in [1.29, 1.82) is 0 Å². The van der Waals surface area contributed by atoms with Crippen LogP contribution >= 0.6 is 11.3 Å². The summed E-state index contributed by atoms with van der Waals surface area (Å²) < 4.78 is 38.1. The predicted octanol–water partition coefficient (Wildman–Crippen LogP) is 3.62. The standard InChI is InChI=1S/C21H20N2O5S2/c1-2-23(30(25,26)16-6-4-3-5-7-16)17-10-11-29-20(17)21(24)22-13-15-8-9-18-19(12-15)28-14-27-18/h3-12H,2,13-14H2,1H3,(H,22,24). The van der Waals surface area contributed by atoms with Crippen LogP contribution in [0.3, 0.4) is 0 Å². The van der Waals surface area contributed by atoms with Crippen LogP contribution in [0.4, 0.5) is 5.69 Å². The fraction of sp³-hybridized carbons (Fsp3) is 0.190. The Bertz CT molecular complexity index is 1160. The molecule has 0 radical (unpaired) electrons. The molecule has 0 spiro atoms. The van der Waals surface area contributed by atoms with Crippen LogP contribution in [0.15, 0.2) is 64.9 Å². The van der Waals surface area contributed by atoms with Crippen molar-refractivity contribution < 1.29 is 22.7 Å². The van der Waals surface area contributed by atoms with Crippen LogP contribution in [0, 0.1) is 0 Å². The molecule has 156 valence electrons. The highest BCUT2D eigenvalue weighted by Crippen LogP contribution is 2.33. The second-order valence-corrected chi connectivity index (χ2v) is 9.27. The molecule has 0 saturated heterocycles. The highest BCUT2D eigenvalue weighted by atomic mass is 32.2. The fourth-order valence-corrected chi connectivity index (χ4v) is 5.55. The summed E-state index contributed by atoms with van der Waals surface area (Å²) in [5.41, 5.74) is 1.23. The van der Waals surface area contributed by atoms with Crippen molar-refractivity contribution in [2.24, 2.45) is 0 Å². The molecule has 0 unspecified atom stereocenters. The van der Waals surface area contributed by atoms with Gasteiger partial charge >= 0.3 is 0 Å². The Morgan fingerprint density at radius 3 is 2.63 bits per heavy atom. The molecule has 0 bridgehead atoms. The number of carbonyl (C=O) groups excluding carboxylic acids is 1. The van der Waals surface area contributed by atoms with E-state index in [0.717, 1.165) is 5.56 Å². The summed E-state index contributed by atoms with van der Waals surface area (Å²) in [5.74, 6) is 0.986. The fourth-order valence-electron chi connectivity index (χ4n) is 3.17. The van der Waals surface area contributed by atoms with Gasteiger partial charge in [-0.1, -0.05) is 24.3 Å². The van der Waals surface area contributed by atoms with E-state index in [1.165, 1.54) is 15.6 Å². The van der Waals surface area contributed by atoms with Crippen molar-refractivity contribution in [3.63, 3.8) is 0 Å². The Hall–Kier alpha value is -3.04. The number of thiophene rings is 1. The van der Waals surface area contributed by atoms with Gasteiger partial charge in [0.25, 0.3) is 15.9 Å². The molecule has 0 atom stereocenters. The number of hydrogen-bond acceptors (Lipinski definition) is 6. The first kappa shape index (κ1) is 20.2. The summed E-state index contributed by atoms with van der Waals surface area (Å²) in [6.45, 7) is 2.42. The average Bonchev–Trinajstić information content (AvgIpc) is 3.42. The maximum Gasteiger partial charge on any atom is 0.264 e. The molecule has 0 aliphatic carbocycles. The molecule has 0 saturated carbocycles. The summed E-state index contributed by atoms with van der Waals surface area (Å²) in [7, 11) is -3.77. The zero-order valence-corrected chi connectivity index (χ0v) is 17.8. The minimum atomic E-state index is -3.77. The van der Waals surface area contributed by atoms with Crippen LogP contribution < -0.4 is 19.1 Å². The molecule has 30 heavy (non-hydrogen) atoms. The molecule has 9 heteroatoms. The number of rotatable bonds is 7. The third kappa shape index (κ3) is 3.86. The van der Waals surface area contributed by atoms with Crippen molar-refractivity contribution in [3.05, 3.63) is 70.4 Å². The third-order valence-electron chi connectivity index (χ3n) is 4.63. The zero-order valence-electron chi connectivity index (χ0n) is 16.2. The van der Waals surface area contributed by atoms with Gasteiger partial charge in [-0.25, -0.2) is 8.42 Å². The molecule has 1 N–H and O–H groups in total. The first-order valence-electron chi connectivity index (χ1n) is 9.32. The van der Waals surface area contributed by atoms with Gasteiger partial charge in [0.05, 0.1) is 10.6 Å². The van der Waals surface area contributed by atoms with Crippen LogP contribution in [0.5, 0.6) is 11.5 Å². The van der Waals surface area contributed by atoms with Crippen LogP contribution in [0.1, 0.15) is 22.2 Å². The van der Waals surface area contributed by atoms with E-state index < -0.39 is 10.0 Å². The first-order chi connectivity index (χ1) is 14.5. The molecular formula is C21H20N2O5S2. The largest absolute Gasteiger partial charge is 0.454 e. The normalized spacial score (nSPS) is 12.6. The Labute approximate surface area is 178 Å². The molecule has 1 aliphatic heterocycles. The maximum atomic E-state index is 13.1. The van der Waals surface area contributed by atoms with Crippen LogP contribution in [-0.4, -0.2) is 27.7 Å². The van der Waals surface area contributed by atoms with Gasteiger partial charge in [0.2, 0.25) is 6.79 Å². The number of amides is 1. The number of nitrogens with zero attached hydrogens (tertiary/aromatic N) is 1.